The molecule has 146 valence electrons. The van der Waals surface area contributed by atoms with Crippen LogP contribution in [0.3, 0.4) is 0 Å². The number of hydrogen-bond acceptors (Lipinski definition) is 5. The summed E-state index contributed by atoms with van der Waals surface area (Å²) in [6.45, 7) is 1.05. The van der Waals surface area contributed by atoms with Crippen molar-refractivity contribution in [2.24, 2.45) is 0 Å². The summed E-state index contributed by atoms with van der Waals surface area (Å²) < 4.78 is 6.23. The Morgan fingerprint density at radius 2 is 2.04 bits per heavy atom. The highest BCUT2D eigenvalue weighted by atomic mass is 32.1. The fraction of sp³-hybridized carbons (Fsp3) is 0.500. The van der Waals surface area contributed by atoms with Gasteiger partial charge in [-0.25, -0.2) is 4.98 Å². The average molecular weight is 397 g/mol. The first-order valence-electron chi connectivity index (χ1n) is 10.2. The molecule has 1 aromatic heterocycles. The highest BCUT2D eigenvalue weighted by Gasteiger charge is 2.47. The van der Waals surface area contributed by atoms with Crippen LogP contribution in [0.4, 0.5) is 0 Å². The maximum absolute atomic E-state index is 13.0. The third-order valence-electron chi connectivity index (χ3n) is 6.30. The lowest BCUT2D eigenvalue weighted by atomic mass is 9.89. The number of nitrogens with zero attached hydrogens (tertiary/aromatic N) is 2. The van der Waals surface area contributed by atoms with Gasteiger partial charge in [-0.15, -0.1) is 11.3 Å². The maximum atomic E-state index is 13.0. The third-order valence-corrected chi connectivity index (χ3v) is 7.30. The lowest BCUT2D eigenvalue weighted by Crippen LogP contribution is -2.45. The standard InChI is InChI=1S/C22H24N2O3S/c25-18-12-22(27-19-9-5-4-8-16(18)19)10-11-24(14-22)21(26)17-13-28-20(23-17)15-6-2-1-3-7-15/h4-5,8-9,13,15H,1-3,6-7,10-12,14H2. The number of carbonyl (C=O) groups is 2. The molecule has 0 bridgehead atoms. The molecule has 2 fully saturated rings. The Morgan fingerprint density at radius 3 is 2.89 bits per heavy atom. The lowest BCUT2D eigenvalue weighted by Gasteiger charge is -2.34. The minimum Gasteiger partial charge on any atom is -0.484 e. The van der Waals surface area contributed by atoms with Crippen molar-refractivity contribution in [1.29, 1.82) is 0 Å². The van der Waals surface area contributed by atoms with Crippen molar-refractivity contribution < 1.29 is 14.3 Å². The molecule has 3 heterocycles. The summed E-state index contributed by atoms with van der Waals surface area (Å²) in [5.74, 6) is 1.22. The van der Waals surface area contributed by atoms with Gasteiger partial charge in [-0.2, -0.15) is 0 Å². The van der Waals surface area contributed by atoms with E-state index in [1.54, 1.807) is 16.2 Å². The number of likely N-dealkylation sites (tertiary alicyclic amines) is 1. The monoisotopic (exact) mass is 396 g/mol. The predicted octanol–water partition coefficient (Wildman–Crippen LogP) is 4.44. The van der Waals surface area contributed by atoms with Crippen LogP contribution >= 0.6 is 11.3 Å². The number of amides is 1. The van der Waals surface area contributed by atoms with Crippen molar-refractivity contribution in [1.82, 2.24) is 9.88 Å². The SMILES string of the molecule is O=C1CC2(CCN(C(=O)c3csc(C4CCCCC4)n3)C2)Oc2ccccc21. The minimum absolute atomic E-state index is 0.0370. The zero-order chi connectivity index (χ0) is 19.1. The molecule has 1 atom stereocenters. The molecule has 2 aliphatic heterocycles. The molecule has 1 saturated carbocycles. The van der Waals surface area contributed by atoms with Gasteiger partial charge in [-0.3, -0.25) is 9.59 Å². The number of ether oxygens (including phenoxy) is 1. The van der Waals surface area contributed by atoms with Crippen molar-refractivity contribution >= 4 is 23.0 Å². The summed E-state index contributed by atoms with van der Waals surface area (Å²) in [6, 6.07) is 7.39. The Hall–Kier alpha value is -2.21. The summed E-state index contributed by atoms with van der Waals surface area (Å²) >= 11 is 1.62. The van der Waals surface area contributed by atoms with Crippen LogP contribution in [0, 0.1) is 0 Å². The van der Waals surface area contributed by atoms with Gasteiger partial charge in [0.2, 0.25) is 0 Å². The van der Waals surface area contributed by atoms with Gasteiger partial charge >= 0.3 is 0 Å². The second-order valence-electron chi connectivity index (χ2n) is 8.26. The topological polar surface area (TPSA) is 59.5 Å². The summed E-state index contributed by atoms with van der Waals surface area (Å²) in [6.07, 6.45) is 7.21. The summed E-state index contributed by atoms with van der Waals surface area (Å²) in [5, 5.41) is 3.01. The first-order valence-corrected chi connectivity index (χ1v) is 11.1. The second kappa shape index (κ2) is 6.99. The molecule has 5 rings (SSSR count). The van der Waals surface area contributed by atoms with Crippen LogP contribution < -0.4 is 4.74 Å². The van der Waals surface area contributed by atoms with Gasteiger partial charge in [0.25, 0.3) is 5.91 Å². The Balaban J connectivity index is 1.30. The van der Waals surface area contributed by atoms with Crippen LogP contribution in [0.5, 0.6) is 5.75 Å². The molecule has 28 heavy (non-hydrogen) atoms. The van der Waals surface area contributed by atoms with Crippen LogP contribution in [-0.4, -0.2) is 40.3 Å². The number of para-hydroxylation sites is 1. The first-order chi connectivity index (χ1) is 13.6. The van der Waals surface area contributed by atoms with E-state index in [1.165, 1.54) is 32.1 Å². The predicted molar refractivity (Wildman–Crippen MR) is 107 cm³/mol. The summed E-state index contributed by atoms with van der Waals surface area (Å²) in [4.78, 5) is 32.1. The largest absolute Gasteiger partial charge is 0.484 e. The molecule has 1 saturated heterocycles. The van der Waals surface area contributed by atoms with Crippen molar-refractivity contribution in [2.75, 3.05) is 13.1 Å². The molecule has 1 amide bonds. The van der Waals surface area contributed by atoms with Crippen LogP contribution in [0.25, 0.3) is 0 Å². The van der Waals surface area contributed by atoms with E-state index in [-0.39, 0.29) is 11.7 Å². The number of Topliss-reactive ketones (excluding diaryl/α,β-unsaturated/α-hetero) is 1. The highest BCUT2D eigenvalue weighted by molar-refractivity contribution is 7.09. The van der Waals surface area contributed by atoms with E-state index in [9.17, 15) is 9.59 Å². The third kappa shape index (κ3) is 3.13. The number of aromatic nitrogens is 1. The van der Waals surface area contributed by atoms with E-state index < -0.39 is 5.60 Å². The fourth-order valence-corrected chi connectivity index (χ4v) is 5.74. The van der Waals surface area contributed by atoms with Gasteiger partial charge in [0.15, 0.2) is 5.78 Å². The molecular formula is C22H24N2O3S. The maximum Gasteiger partial charge on any atom is 0.273 e. The zero-order valence-electron chi connectivity index (χ0n) is 15.9. The normalized spacial score (nSPS) is 25.0. The number of fused-ring (bicyclic) bond motifs is 1. The molecule has 0 radical (unpaired) electrons. The molecule has 6 heteroatoms. The molecule has 0 N–H and O–H groups in total. The van der Waals surface area contributed by atoms with Gasteiger partial charge in [0.1, 0.15) is 17.0 Å². The Morgan fingerprint density at radius 1 is 1.21 bits per heavy atom. The molecule has 1 unspecified atom stereocenters. The summed E-state index contributed by atoms with van der Waals surface area (Å²) in [7, 11) is 0. The second-order valence-corrected chi connectivity index (χ2v) is 9.15. The molecular weight excluding hydrogens is 372 g/mol. The summed E-state index contributed by atoms with van der Waals surface area (Å²) in [5.41, 5.74) is 0.600. The van der Waals surface area contributed by atoms with Crippen LogP contribution in [0.15, 0.2) is 29.6 Å². The molecule has 3 aliphatic rings. The zero-order valence-corrected chi connectivity index (χ0v) is 16.7. The van der Waals surface area contributed by atoms with E-state index in [4.69, 9.17) is 4.74 Å². The Bertz CT molecular complexity index is 918. The van der Waals surface area contributed by atoms with Crippen molar-refractivity contribution in [3.63, 3.8) is 0 Å². The molecule has 1 aliphatic carbocycles. The lowest BCUT2D eigenvalue weighted by molar-refractivity contribution is 0.0427. The smallest absolute Gasteiger partial charge is 0.273 e. The number of benzene rings is 1. The van der Waals surface area contributed by atoms with Crippen molar-refractivity contribution in [2.45, 2.75) is 56.5 Å². The quantitative estimate of drug-likeness (QED) is 0.753. The molecule has 1 aromatic carbocycles. The van der Waals surface area contributed by atoms with E-state index in [2.05, 4.69) is 4.98 Å². The highest BCUT2D eigenvalue weighted by Crippen LogP contribution is 2.39. The van der Waals surface area contributed by atoms with Gasteiger partial charge in [-0.05, 0) is 25.0 Å². The van der Waals surface area contributed by atoms with Crippen LogP contribution in [-0.2, 0) is 0 Å². The van der Waals surface area contributed by atoms with E-state index >= 15 is 0 Å². The number of ketones is 1. The van der Waals surface area contributed by atoms with Crippen LogP contribution in [0.1, 0.15) is 76.7 Å². The van der Waals surface area contributed by atoms with E-state index in [0.717, 1.165) is 5.01 Å². The average Bonchev–Trinajstić information content (AvgIpc) is 3.36. The molecule has 1 spiro atoms. The number of rotatable bonds is 2. The number of thiazole rings is 1. The number of hydrogen-bond donors (Lipinski definition) is 0. The Labute approximate surface area is 168 Å². The molecule has 2 aromatic rings. The van der Waals surface area contributed by atoms with E-state index in [0.29, 0.717) is 48.9 Å². The Kier molecular flexibility index (Phi) is 4.46. The van der Waals surface area contributed by atoms with Gasteiger partial charge in [-0.1, -0.05) is 31.4 Å². The van der Waals surface area contributed by atoms with Gasteiger partial charge < -0.3 is 9.64 Å². The van der Waals surface area contributed by atoms with Crippen LogP contribution in [0.2, 0.25) is 0 Å². The molecule has 5 nitrogen and oxygen atoms in total. The van der Waals surface area contributed by atoms with Gasteiger partial charge in [0, 0.05) is 24.3 Å². The van der Waals surface area contributed by atoms with Crippen molar-refractivity contribution in [3.05, 3.63) is 45.9 Å². The van der Waals surface area contributed by atoms with Gasteiger partial charge in [0.05, 0.1) is 23.5 Å². The minimum atomic E-state index is -0.594. The number of carbonyl (C=O) groups excluding carboxylic acids is 2. The van der Waals surface area contributed by atoms with Crippen molar-refractivity contribution in [3.8, 4) is 5.75 Å². The fourth-order valence-electron chi connectivity index (χ4n) is 4.77. The first kappa shape index (κ1) is 17.9. The van der Waals surface area contributed by atoms with E-state index in [1.807, 2.05) is 29.6 Å².